The molecule has 2 heterocycles. The first-order valence-electron chi connectivity index (χ1n) is 12.7. The Labute approximate surface area is 217 Å². The second-order valence-corrected chi connectivity index (χ2v) is 12.2. The minimum atomic E-state index is -3.38. The van der Waals surface area contributed by atoms with Gasteiger partial charge in [0.15, 0.2) is 0 Å². The van der Waals surface area contributed by atoms with E-state index in [0.29, 0.717) is 42.0 Å². The third-order valence-corrected chi connectivity index (χ3v) is 9.91. The predicted octanol–water partition coefficient (Wildman–Crippen LogP) is 4.53. The van der Waals surface area contributed by atoms with Crippen LogP contribution in [0.3, 0.4) is 0 Å². The van der Waals surface area contributed by atoms with Gasteiger partial charge in [-0.25, -0.2) is 8.42 Å². The lowest BCUT2D eigenvalue weighted by Crippen LogP contribution is -2.59. The lowest BCUT2D eigenvalue weighted by molar-refractivity contribution is -0.147. The highest BCUT2D eigenvalue weighted by atomic mass is 35.5. The number of carbonyl (C=O) groups is 2. The quantitative estimate of drug-likeness (QED) is 0.530. The molecule has 5 rings (SSSR count). The minimum absolute atomic E-state index is 0.138. The number of hydrogen-bond acceptors (Lipinski definition) is 5. The highest BCUT2D eigenvalue weighted by Gasteiger charge is 2.51. The molecule has 36 heavy (non-hydrogen) atoms. The molecule has 1 amide bonds. The molecule has 0 bridgehead atoms. The van der Waals surface area contributed by atoms with Crippen LogP contribution in [0.2, 0.25) is 5.02 Å². The van der Waals surface area contributed by atoms with Gasteiger partial charge in [0, 0.05) is 29.2 Å². The van der Waals surface area contributed by atoms with Crippen LogP contribution in [0.4, 0.5) is 0 Å². The summed E-state index contributed by atoms with van der Waals surface area (Å²) in [6.45, 7) is 2.45. The van der Waals surface area contributed by atoms with Crippen molar-refractivity contribution in [2.45, 2.75) is 63.1 Å². The summed E-state index contributed by atoms with van der Waals surface area (Å²) in [5.41, 5.74) is 1.88. The Morgan fingerprint density at radius 1 is 1.03 bits per heavy atom. The molecular weight excluding hydrogens is 500 g/mol. The van der Waals surface area contributed by atoms with Crippen LogP contribution in [-0.2, 0) is 19.6 Å². The number of ether oxygens (including phenoxy) is 1. The fraction of sp³-hybridized carbons (Fsp3) is 0.481. The number of fused-ring (bicyclic) bond motifs is 1. The van der Waals surface area contributed by atoms with Crippen LogP contribution in [-0.4, -0.2) is 60.5 Å². The first-order chi connectivity index (χ1) is 17.3. The van der Waals surface area contributed by atoms with E-state index in [1.807, 2.05) is 24.3 Å². The van der Waals surface area contributed by atoms with E-state index in [9.17, 15) is 18.0 Å². The summed E-state index contributed by atoms with van der Waals surface area (Å²) in [4.78, 5) is 29.5. The molecule has 1 saturated heterocycles. The maximum atomic E-state index is 14.2. The SMILES string of the molecule is CCOC(=O)[C@@H]1c2ccccc2C(=O)N([C@H]2CCCC[C@@H]2N2CCCS2(=O)=O)[C@H]1c1ccc(Cl)cc1. The standard InChI is InChI=1S/C27H31ClN2O5S/c1-2-35-27(32)24-20-8-3-4-9-21(20)26(31)30(25(24)18-12-14-19(28)15-13-18)23-11-6-5-10-22(23)29-16-7-17-36(29,33)34/h3-4,8-9,12-15,22-25H,2,5-7,10-11,16-17H2,1H3/t22-,23-,24+,25-/m0/s1. The van der Waals surface area contributed by atoms with Gasteiger partial charge in [-0.05, 0) is 55.5 Å². The van der Waals surface area contributed by atoms with Crippen LogP contribution in [0.5, 0.6) is 0 Å². The van der Waals surface area contributed by atoms with Gasteiger partial charge < -0.3 is 9.64 Å². The highest BCUT2D eigenvalue weighted by molar-refractivity contribution is 7.89. The van der Waals surface area contributed by atoms with Gasteiger partial charge in [-0.2, -0.15) is 4.31 Å². The van der Waals surface area contributed by atoms with Gasteiger partial charge in [0.25, 0.3) is 5.91 Å². The first-order valence-corrected chi connectivity index (χ1v) is 14.7. The zero-order chi connectivity index (χ0) is 25.4. The van der Waals surface area contributed by atoms with Gasteiger partial charge in [0.2, 0.25) is 10.0 Å². The molecule has 0 aromatic heterocycles. The van der Waals surface area contributed by atoms with Crippen molar-refractivity contribution in [2.75, 3.05) is 18.9 Å². The number of rotatable bonds is 5. The fourth-order valence-electron chi connectivity index (χ4n) is 6.20. The second-order valence-electron chi connectivity index (χ2n) is 9.73. The average molecular weight is 531 g/mol. The summed E-state index contributed by atoms with van der Waals surface area (Å²) in [6, 6.07) is 13.1. The van der Waals surface area contributed by atoms with Gasteiger partial charge in [-0.1, -0.05) is 54.8 Å². The Bertz CT molecular complexity index is 1250. The number of amides is 1. The number of esters is 1. The molecule has 1 saturated carbocycles. The molecule has 1 aliphatic carbocycles. The predicted molar refractivity (Wildman–Crippen MR) is 137 cm³/mol. The molecule has 7 nitrogen and oxygen atoms in total. The number of nitrogens with zero attached hydrogens (tertiary/aromatic N) is 2. The van der Waals surface area contributed by atoms with Gasteiger partial charge in [0.05, 0.1) is 18.4 Å². The average Bonchev–Trinajstić information content (AvgIpc) is 3.23. The second kappa shape index (κ2) is 10.1. The number of benzene rings is 2. The number of carbonyl (C=O) groups excluding carboxylic acids is 2. The van der Waals surface area contributed by atoms with Crippen molar-refractivity contribution in [3.8, 4) is 0 Å². The molecule has 0 unspecified atom stereocenters. The van der Waals surface area contributed by atoms with E-state index in [-0.39, 0.29) is 30.4 Å². The van der Waals surface area contributed by atoms with Gasteiger partial charge in [0.1, 0.15) is 5.92 Å². The monoisotopic (exact) mass is 530 g/mol. The molecule has 0 N–H and O–H groups in total. The van der Waals surface area contributed by atoms with E-state index in [2.05, 4.69) is 0 Å². The van der Waals surface area contributed by atoms with Crippen LogP contribution in [0, 0.1) is 0 Å². The van der Waals surface area contributed by atoms with Crippen molar-refractivity contribution in [1.82, 2.24) is 9.21 Å². The first kappa shape index (κ1) is 25.2. The van der Waals surface area contributed by atoms with E-state index in [4.69, 9.17) is 16.3 Å². The zero-order valence-electron chi connectivity index (χ0n) is 20.3. The van der Waals surface area contributed by atoms with Crippen molar-refractivity contribution in [2.24, 2.45) is 0 Å². The Morgan fingerprint density at radius 3 is 2.39 bits per heavy atom. The number of halogens is 1. The Morgan fingerprint density at radius 2 is 1.72 bits per heavy atom. The largest absolute Gasteiger partial charge is 0.465 e. The van der Waals surface area contributed by atoms with Gasteiger partial charge in [-0.3, -0.25) is 9.59 Å². The summed E-state index contributed by atoms with van der Waals surface area (Å²) in [5, 5.41) is 0.555. The lowest BCUT2D eigenvalue weighted by Gasteiger charge is -2.50. The van der Waals surface area contributed by atoms with E-state index in [0.717, 1.165) is 18.4 Å². The third kappa shape index (κ3) is 4.44. The lowest BCUT2D eigenvalue weighted by atomic mass is 9.77. The van der Waals surface area contributed by atoms with E-state index >= 15 is 0 Å². The van der Waals surface area contributed by atoms with Crippen LogP contribution in [0.1, 0.15) is 72.5 Å². The summed E-state index contributed by atoms with van der Waals surface area (Å²) in [7, 11) is -3.38. The van der Waals surface area contributed by atoms with E-state index in [1.165, 1.54) is 0 Å². The van der Waals surface area contributed by atoms with Crippen LogP contribution < -0.4 is 0 Å². The Kier molecular flexibility index (Phi) is 7.12. The Balaban J connectivity index is 1.68. The summed E-state index contributed by atoms with van der Waals surface area (Å²) in [5.74, 6) is -1.18. The zero-order valence-corrected chi connectivity index (χ0v) is 21.9. The van der Waals surface area contributed by atoms with Crippen molar-refractivity contribution < 1.29 is 22.7 Å². The molecule has 2 aromatic rings. The van der Waals surface area contributed by atoms with Gasteiger partial charge >= 0.3 is 5.97 Å². The molecule has 2 fully saturated rings. The Hall–Kier alpha value is -2.42. The van der Waals surface area contributed by atoms with Crippen LogP contribution >= 0.6 is 11.6 Å². The molecule has 0 spiro atoms. The van der Waals surface area contributed by atoms with Crippen LogP contribution in [0.25, 0.3) is 0 Å². The van der Waals surface area contributed by atoms with Crippen molar-refractivity contribution in [3.05, 3.63) is 70.2 Å². The fourth-order valence-corrected chi connectivity index (χ4v) is 8.12. The summed E-state index contributed by atoms with van der Waals surface area (Å²) < 4.78 is 33.0. The number of sulfonamides is 1. The molecule has 2 aliphatic heterocycles. The maximum Gasteiger partial charge on any atom is 0.315 e. The molecule has 9 heteroatoms. The topological polar surface area (TPSA) is 84.0 Å². The molecule has 3 aliphatic rings. The van der Waals surface area contributed by atoms with E-state index < -0.39 is 28.0 Å². The third-order valence-electron chi connectivity index (χ3n) is 7.69. The summed E-state index contributed by atoms with van der Waals surface area (Å²) in [6.07, 6.45) is 3.74. The minimum Gasteiger partial charge on any atom is -0.465 e. The number of hydrogen-bond donors (Lipinski definition) is 0. The highest BCUT2D eigenvalue weighted by Crippen LogP contribution is 2.47. The normalized spacial score (nSPS) is 28.1. The van der Waals surface area contributed by atoms with Crippen molar-refractivity contribution >= 4 is 33.5 Å². The van der Waals surface area contributed by atoms with Crippen molar-refractivity contribution in [1.29, 1.82) is 0 Å². The molecule has 2 aromatic carbocycles. The van der Waals surface area contributed by atoms with Gasteiger partial charge in [-0.15, -0.1) is 0 Å². The smallest absolute Gasteiger partial charge is 0.315 e. The molecule has 0 radical (unpaired) electrons. The maximum absolute atomic E-state index is 14.2. The molecule has 4 atom stereocenters. The van der Waals surface area contributed by atoms with E-state index in [1.54, 1.807) is 40.4 Å². The molecular formula is C27H31ClN2O5S. The van der Waals surface area contributed by atoms with Crippen LogP contribution in [0.15, 0.2) is 48.5 Å². The van der Waals surface area contributed by atoms with Crippen molar-refractivity contribution in [3.63, 3.8) is 0 Å². The molecule has 192 valence electrons. The summed E-state index contributed by atoms with van der Waals surface area (Å²) >= 11 is 6.19.